The lowest BCUT2D eigenvalue weighted by Crippen LogP contribution is -2.04. The molecule has 1 heterocycles. The van der Waals surface area contributed by atoms with E-state index < -0.39 is 11.9 Å². The van der Waals surface area contributed by atoms with E-state index in [1.807, 2.05) is 42.5 Å². The molecule has 0 radical (unpaired) electrons. The number of allylic oxidation sites excluding steroid dienone is 1. The van der Waals surface area contributed by atoms with Gasteiger partial charge < -0.3 is 18.7 Å². The number of aromatic nitrogens is 1. The number of esters is 2. The predicted octanol–water partition coefficient (Wildman–Crippen LogP) is 6.26. The Morgan fingerprint density at radius 1 is 0.737 bits per heavy atom. The highest BCUT2D eigenvalue weighted by Gasteiger charge is 2.21. The molecule has 0 N–H and O–H groups in total. The van der Waals surface area contributed by atoms with Crippen molar-refractivity contribution in [3.05, 3.63) is 120 Å². The Bertz CT molecular complexity index is 1450. The van der Waals surface area contributed by atoms with Crippen LogP contribution in [0, 0.1) is 0 Å². The molecular weight excluding hydrogens is 482 g/mol. The van der Waals surface area contributed by atoms with Crippen LogP contribution in [-0.4, -0.2) is 37.9 Å². The van der Waals surface area contributed by atoms with E-state index in [2.05, 4.69) is 18.3 Å². The highest BCUT2D eigenvalue weighted by molar-refractivity contribution is 5.90. The van der Waals surface area contributed by atoms with Crippen molar-refractivity contribution in [1.29, 1.82) is 0 Å². The lowest BCUT2D eigenvalue weighted by atomic mass is 9.97. The van der Waals surface area contributed by atoms with Crippen LogP contribution >= 0.6 is 0 Å². The van der Waals surface area contributed by atoms with Gasteiger partial charge in [-0.25, -0.2) is 9.59 Å². The molecular formula is C31H27NO6. The molecule has 4 rings (SSSR count). The number of methoxy groups -OCH3 is 2. The molecule has 0 spiro atoms. The topological polar surface area (TPSA) is 87.9 Å². The summed E-state index contributed by atoms with van der Waals surface area (Å²) in [6, 6.07) is 23.6. The van der Waals surface area contributed by atoms with Crippen LogP contribution in [0.3, 0.4) is 0 Å². The van der Waals surface area contributed by atoms with Crippen LogP contribution in [0.25, 0.3) is 22.4 Å². The molecule has 0 unspecified atom stereocenters. The molecule has 0 saturated heterocycles. The molecule has 0 aliphatic rings. The van der Waals surface area contributed by atoms with E-state index in [4.69, 9.17) is 18.7 Å². The van der Waals surface area contributed by atoms with Crippen LogP contribution in [0.1, 0.15) is 37.4 Å². The third-order valence-corrected chi connectivity index (χ3v) is 6.00. The summed E-state index contributed by atoms with van der Waals surface area (Å²) < 4.78 is 21.2. The number of hydrogen-bond acceptors (Lipinski definition) is 7. The summed E-state index contributed by atoms with van der Waals surface area (Å²) >= 11 is 0. The summed E-state index contributed by atoms with van der Waals surface area (Å²) in [7, 11) is 2.69. The summed E-state index contributed by atoms with van der Waals surface area (Å²) in [4.78, 5) is 23.5. The molecule has 0 aliphatic carbocycles. The molecule has 4 aromatic rings. The van der Waals surface area contributed by atoms with Gasteiger partial charge in [0.15, 0.2) is 0 Å². The van der Waals surface area contributed by atoms with Crippen LogP contribution in [0.4, 0.5) is 0 Å². The number of ether oxygens (including phenoxy) is 3. The quantitative estimate of drug-likeness (QED) is 0.233. The second-order valence-electron chi connectivity index (χ2n) is 8.47. The van der Waals surface area contributed by atoms with E-state index in [1.54, 1.807) is 36.4 Å². The Morgan fingerprint density at radius 2 is 1.24 bits per heavy atom. The first-order valence-electron chi connectivity index (χ1n) is 11.8. The van der Waals surface area contributed by atoms with Crippen LogP contribution in [-0.2, 0) is 15.9 Å². The Kier molecular flexibility index (Phi) is 8.18. The normalized spacial score (nSPS) is 10.5. The van der Waals surface area contributed by atoms with Crippen LogP contribution < -0.4 is 4.74 Å². The second kappa shape index (κ2) is 11.9. The Balaban J connectivity index is 1.55. The minimum Gasteiger partial charge on any atom is -0.465 e. The van der Waals surface area contributed by atoms with Crippen molar-refractivity contribution < 1.29 is 28.3 Å². The van der Waals surface area contributed by atoms with Crippen LogP contribution in [0.15, 0.2) is 96.5 Å². The first-order chi connectivity index (χ1) is 18.4. The van der Waals surface area contributed by atoms with E-state index in [-0.39, 0.29) is 12.6 Å². The fraction of sp³-hybridized carbons (Fsp3) is 0.129. The molecule has 7 heteroatoms. The van der Waals surface area contributed by atoms with Gasteiger partial charge in [-0.05, 0) is 46.5 Å². The maximum absolute atomic E-state index is 11.8. The van der Waals surface area contributed by atoms with Gasteiger partial charge in [0.2, 0.25) is 0 Å². The molecule has 0 saturated carbocycles. The molecule has 0 fully saturated rings. The van der Waals surface area contributed by atoms with Gasteiger partial charge >= 0.3 is 17.9 Å². The van der Waals surface area contributed by atoms with Crippen molar-refractivity contribution in [3.8, 4) is 17.2 Å². The third kappa shape index (κ3) is 5.90. The number of carbonyl (C=O) groups is 2. The molecule has 0 aliphatic heterocycles. The standard InChI is InChI=1S/C31H27NO6/c1-20(22-10-14-25(15-11-22)29(33)35-3)18-27-28(24-8-6-5-7-9-24)32-38-31(27)37-19-21(2)23-12-16-26(17-13-23)30(34)36-4/h5-17H,1-2,18-19H2,3-4H3. The van der Waals surface area contributed by atoms with Gasteiger partial charge in [-0.2, -0.15) is 0 Å². The fourth-order valence-electron chi connectivity index (χ4n) is 3.86. The van der Waals surface area contributed by atoms with Gasteiger partial charge in [-0.1, -0.05) is 72.9 Å². The second-order valence-corrected chi connectivity index (χ2v) is 8.47. The SMILES string of the molecule is C=C(COc1onc(-c2ccccc2)c1CC(=C)c1ccc(C(=O)OC)cc1)c1ccc(C(=O)OC)cc1. The van der Waals surface area contributed by atoms with Crippen molar-refractivity contribution in [2.75, 3.05) is 20.8 Å². The number of carbonyl (C=O) groups excluding carboxylic acids is 2. The van der Waals surface area contributed by atoms with E-state index in [9.17, 15) is 9.59 Å². The zero-order valence-corrected chi connectivity index (χ0v) is 21.2. The Hall–Kier alpha value is -4.91. The lowest BCUT2D eigenvalue weighted by Gasteiger charge is -2.11. The van der Waals surface area contributed by atoms with E-state index in [1.165, 1.54) is 14.2 Å². The monoisotopic (exact) mass is 509 g/mol. The number of nitrogens with zero attached hydrogens (tertiary/aromatic N) is 1. The maximum Gasteiger partial charge on any atom is 0.337 e. The van der Waals surface area contributed by atoms with Gasteiger partial charge in [0.25, 0.3) is 0 Å². The average Bonchev–Trinajstić information content (AvgIpc) is 3.37. The highest BCUT2D eigenvalue weighted by atomic mass is 16.6. The summed E-state index contributed by atoms with van der Waals surface area (Å²) in [5.41, 5.74) is 6.36. The van der Waals surface area contributed by atoms with Crippen molar-refractivity contribution >= 4 is 23.1 Å². The van der Waals surface area contributed by atoms with Crippen LogP contribution in [0.5, 0.6) is 5.95 Å². The summed E-state index contributed by atoms with van der Waals surface area (Å²) in [6.07, 6.45) is 0.404. The van der Waals surface area contributed by atoms with Crippen molar-refractivity contribution in [2.24, 2.45) is 0 Å². The molecule has 7 nitrogen and oxygen atoms in total. The van der Waals surface area contributed by atoms with Gasteiger partial charge in [-0.15, -0.1) is 0 Å². The summed E-state index contributed by atoms with van der Waals surface area (Å²) in [6.45, 7) is 8.50. The first-order valence-corrected chi connectivity index (χ1v) is 11.8. The zero-order valence-electron chi connectivity index (χ0n) is 21.2. The largest absolute Gasteiger partial charge is 0.465 e. The molecule has 1 aromatic heterocycles. The van der Waals surface area contributed by atoms with E-state index >= 15 is 0 Å². The lowest BCUT2D eigenvalue weighted by molar-refractivity contribution is 0.0592. The summed E-state index contributed by atoms with van der Waals surface area (Å²) in [5.74, 6) is -0.537. The molecule has 38 heavy (non-hydrogen) atoms. The molecule has 0 atom stereocenters. The van der Waals surface area contributed by atoms with Gasteiger partial charge in [0.1, 0.15) is 12.3 Å². The van der Waals surface area contributed by atoms with Crippen LogP contribution in [0.2, 0.25) is 0 Å². The van der Waals surface area contributed by atoms with Crippen molar-refractivity contribution in [3.63, 3.8) is 0 Å². The van der Waals surface area contributed by atoms with Gasteiger partial charge in [-0.3, -0.25) is 0 Å². The average molecular weight is 510 g/mol. The maximum atomic E-state index is 11.8. The summed E-state index contributed by atoms with van der Waals surface area (Å²) in [5, 5.41) is 4.29. The van der Waals surface area contributed by atoms with Gasteiger partial charge in [0, 0.05) is 12.0 Å². The number of rotatable bonds is 10. The fourth-order valence-corrected chi connectivity index (χ4v) is 3.86. The van der Waals surface area contributed by atoms with Gasteiger partial charge in [0.05, 0.1) is 30.9 Å². The van der Waals surface area contributed by atoms with Crippen molar-refractivity contribution in [1.82, 2.24) is 5.16 Å². The molecule has 192 valence electrons. The predicted molar refractivity (Wildman–Crippen MR) is 145 cm³/mol. The zero-order chi connectivity index (χ0) is 27.1. The molecule has 0 bridgehead atoms. The Morgan fingerprint density at radius 3 is 1.76 bits per heavy atom. The highest BCUT2D eigenvalue weighted by Crippen LogP contribution is 2.34. The molecule has 3 aromatic carbocycles. The third-order valence-electron chi connectivity index (χ3n) is 6.00. The minimum atomic E-state index is -0.404. The Labute approximate surface area is 221 Å². The number of hydrogen-bond donors (Lipinski definition) is 0. The van der Waals surface area contributed by atoms with Crippen molar-refractivity contribution in [2.45, 2.75) is 6.42 Å². The minimum absolute atomic E-state index is 0.147. The van der Waals surface area contributed by atoms with E-state index in [0.29, 0.717) is 28.8 Å². The first kappa shape index (κ1) is 26.2. The smallest absolute Gasteiger partial charge is 0.337 e. The molecule has 0 amide bonds. The van der Waals surface area contributed by atoms with E-state index in [0.717, 1.165) is 27.8 Å². The number of benzene rings is 3.